The Hall–Kier alpha value is -2.21. The van der Waals surface area contributed by atoms with Gasteiger partial charge in [0.15, 0.2) is 5.76 Å². The summed E-state index contributed by atoms with van der Waals surface area (Å²) in [4.78, 5) is 25.0. The van der Waals surface area contributed by atoms with Crippen molar-refractivity contribution in [3.05, 3.63) is 28.5 Å². The van der Waals surface area contributed by atoms with E-state index in [0.29, 0.717) is 22.2 Å². The first-order chi connectivity index (χ1) is 13.3. The van der Waals surface area contributed by atoms with Crippen molar-refractivity contribution in [1.29, 1.82) is 0 Å². The molecule has 6 nitrogen and oxygen atoms in total. The minimum Gasteiger partial charge on any atom is -0.450 e. The number of benzene rings is 1. The zero-order chi connectivity index (χ0) is 20.1. The lowest BCUT2D eigenvalue weighted by molar-refractivity contribution is 0.0904. The Balaban J connectivity index is 1.83. The van der Waals surface area contributed by atoms with Crippen LogP contribution in [0.4, 0.5) is 10.5 Å². The van der Waals surface area contributed by atoms with Gasteiger partial charge in [-0.25, -0.2) is 4.79 Å². The molecule has 1 aromatic heterocycles. The number of furan rings is 1. The van der Waals surface area contributed by atoms with E-state index in [4.69, 9.17) is 16.0 Å². The van der Waals surface area contributed by atoms with Gasteiger partial charge in [0.2, 0.25) is 0 Å². The quantitative estimate of drug-likeness (QED) is 0.662. The average molecular weight is 404 g/mol. The maximum atomic E-state index is 12.7. The number of fused-ring (bicyclic) bond motifs is 4. The molecule has 1 atom stereocenters. The normalized spacial score (nSPS) is 19.2. The van der Waals surface area contributed by atoms with Gasteiger partial charge in [0.05, 0.1) is 16.2 Å². The molecule has 2 heterocycles. The number of carbonyl (C=O) groups is 2. The van der Waals surface area contributed by atoms with E-state index in [1.54, 1.807) is 12.1 Å². The summed E-state index contributed by atoms with van der Waals surface area (Å²) >= 11 is 6.52. The third-order valence-electron chi connectivity index (χ3n) is 6.12. The van der Waals surface area contributed by atoms with Crippen molar-refractivity contribution in [1.82, 2.24) is 10.6 Å². The number of anilines is 1. The molecule has 1 fully saturated rings. The first-order valence-corrected chi connectivity index (χ1v) is 10.3. The molecule has 0 saturated heterocycles. The average Bonchev–Trinajstić information content (AvgIpc) is 3.05. The van der Waals surface area contributed by atoms with Gasteiger partial charge < -0.3 is 20.4 Å². The fourth-order valence-corrected chi connectivity index (χ4v) is 4.50. The third kappa shape index (κ3) is 3.13. The van der Waals surface area contributed by atoms with Gasteiger partial charge in [0.1, 0.15) is 5.58 Å². The largest absolute Gasteiger partial charge is 0.450 e. The van der Waals surface area contributed by atoms with E-state index in [0.717, 1.165) is 43.1 Å². The van der Waals surface area contributed by atoms with Crippen LogP contribution in [-0.2, 0) is 5.54 Å². The second-order valence-electron chi connectivity index (χ2n) is 8.37. The summed E-state index contributed by atoms with van der Waals surface area (Å²) in [5.41, 5.74) is 1.58. The van der Waals surface area contributed by atoms with Gasteiger partial charge in [-0.05, 0) is 37.8 Å². The highest BCUT2D eigenvalue weighted by Crippen LogP contribution is 2.48. The third-order valence-corrected chi connectivity index (χ3v) is 6.42. The highest BCUT2D eigenvalue weighted by atomic mass is 35.5. The van der Waals surface area contributed by atoms with Crippen LogP contribution in [-0.4, -0.2) is 18.0 Å². The van der Waals surface area contributed by atoms with Crippen LogP contribution < -0.4 is 16.0 Å². The molecule has 1 aliphatic heterocycles. The highest BCUT2D eigenvalue weighted by molar-refractivity contribution is 6.35. The highest BCUT2D eigenvalue weighted by Gasteiger charge is 2.43. The van der Waals surface area contributed by atoms with Gasteiger partial charge in [-0.15, -0.1) is 0 Å². The number of amides is 3. The number of rotatable bonds is 3. The molecular formula is C21H26ClN3O3. The Morgan fingerprint density at radius 3 is 2.61 bits per heavy atom. The maximum Gasteiger partial charge on any atom is 0.319 e. The smallest absolute Gasteiger partial charge is 0.319 e. The van der Waals surface area contributed by atoms with Crippen LogP contribution in [0.3, 0.4) is 0 Å². The Morgan fingerprint density at radius 2 is 1.93 bits per heavy atom. The summed E-state index contributed by atoms with van der Waals surface area (Å²) in [5, 5.41) is 10.2. The lowest BCUT2D eigenvalue weighted by atomic mass is 9.74. The van der Waals surface area contributed by atoms with E-state index < -0.39 is 5.54 Å². The van der Waals surface area contributed by atoms with Gasteiger partial charge in [-0.3, -0.25) is 4.79 Å². The van der Waals surface area contributed by atoms with Gasteiger partial charge in [-0.1, -0.05) is 44.7 Å². The molecule has 28 heavy (non-hydrogen) atoms. The number of hydrogen-bond donors (Lipinski definition) is 3. The van der Waals surface area contributed by atoms with Crippen LogP contribution >= 0.6 is 11.6 Å². The number of urea groups is 1. The van der Waals surface area contributed by atoms with E-state index >= 15 is 0 Å². The number of carbonyl (C=O) groups excluding carboxylic acids is 2. The molecular weight excluding hydrogens is 378 g/mol. The summed E-state index contributed by atoms with van der Waals surface area (Å²) in [6.45, 7) is 6.09. The molecule has 1 unspecified atom stereocenters. The topological polar surface area (TPSA) is 83.4 Å². The van der Waals surface area contributed by atoms with Crippen molar-refractivity contribution in [2.24, 2.45) is 5.92 Å². The van der Waals surface area contributed by atoms with E-state index in [1.807, 2.05) is 6.92 Å². The van der Waals surface area contributed by atoms with E-state index in [1.165, 1.54) is 0 Å². The zero-order valence-corrected chi connectivity index (χ0v) is 17.2. The minimum atomic E-state index is -0.504. The van der Waals surface area contributed by atoms with Gasteiger partial charge >= 0.3 is 6.03 Å². The van der Waals surface area contributed by atoms with Crippen molar-refractivity contribution in [3.63, 3.8) is 0 Å². The fourth-order valence-electron chi connectivity index (χ4n) is 4.24. The molecule has 4 rings (SSSR count). The summed E-state index contributed by atoms with van der Waals surface area (Å²) in [5.74, 6) is 0.336. The van der Waals surface area contributed by atoms with Crippen LogP contribution in [0.5, 0.6) is 0 Å². The number of halogens is 1. The molecule has 3 N–H and O–H groups in total. The SMILES string of the molecule is CC(C)C(C)NC(=O)c1cc2cc(Cl)c3c(c2o1)C1(CCCCC1)NC(=O)N3. The second kappa shape index (κ2) is 6.99. The van der Waals surface area contributed by atoms with Crippen LogP contribution in [0.25, 0.3) is 11.0 Å². The molecule has 7 heteroatoms. The lowest BCUT2D eigenvalue weighted by Gasteiger charge is -2.42. The number of hydrogen-bond acceptors (Lipinski definition) is 3. The molecule has 150 valence electrons. The standard InChI is InChI=1S/C21H26ClN3O3/c1-11(2)12(3)23-19(26)15-10-13-9-14(22)17-16(18(13)28-15)21(25-20(27)24-17)7-5-4-6-8-21/h9-12H,4-8H2,1-3H3,(H,23,26)(H2,24,25,27). The van der Waals surface area contributed by atoms with E-state index in [9.17, 15) is 9.59 Å². The lowest BCUT2D eigenvalue weighted by Crippen LogP contribution is -2.52. The van der Waals surface area contributed by atoms with E-state index in [-0.39, 0.29) is 23.7 Å². The monoisotopic (exact) mass is 403 g/mol. The Labute approximate surface area is 169 Å². The molecule has 1 aromatic carbocycles. The van der Waals surface area contributed by atoms with Crippen molar-refractivity contribution in [3.8, 4) is 0 Å². The minimum absolute atomic E-state index is 0.0313. The molecule has 2 aromatic rings. The van der Waals surface area contributed by atoms with Crippen molar-refractivity contribution < 1.29 is 14.0 Å². The molecule has 1 spiro atoms. The molecule has 0 bridgehead atoms. The fraction of sp³-hybridized carbons (Fsp3) is 0.524. The maximum absolute atomic E-state index is 12.7. The zero-order valence-electron chi connectivity index (χ0n) is 16.4. The number of nitrogens with one attached hydrogen (secondary N) is 3. The van der Waals surface area contributed by atoms with Crippen molar-refractivity contribution in [2.45, 2.75) is 64.5 Å². The summed E-state index contributed by atoms with van der Waals surface area (Å²) in [6.07, 6.45) is 4.84. The molecule has 1 aliphatic carbocycles. The second-order valence-corrected chi connectivity index (χ2v) is 8.77. The Kier molecular flexibility index (Phi) is 4.78. The van der Waals surface area contributed by atoms with Crippen molar-refractivity contribution in [2.75, 3.05) is 5.32 Å². The van der Waals surface area contributed by atoms with Crippen molar-refractivity contribution >= 4 is 40.2 Å². The predicted molar refractivity (Wildman–Crippen MR) is 110 cm³/mol. The Bertz CT molecular complexity index is 944. The van der Waals surface area contributed by atoms with Crippen LogP contribution in [0.15, 0.2) is 16.5 Å². The molecule has 2 aliphatic rings. The summed E-state index contributed by atoms with van der Waals surface area (Å²) < 4.78 is 6.06. The van der Waals surface area contributed by atoms with Crippen LogP contribution in [0.2, 0.25) is 5.02 Å². The Morgan fingerprint density at radius 1 is 1.21 bits per heavy atom. The summed E-state index contributed by atoms with van der Waals surface area (Å²) in [6, 6.07) is 3.27. The molecule has 1 saturated carbocycles. The van der Waals surface area contributed by atoms with Gasteiger partial charge in [0.25, 0.3) is 5.91 Å². The molecule has 3 amide bonds. The first-order valence-electron chi connectivity index (χ1n) is 9.97. The first kappa shape index (κ1) is 19.1. The van der Waals surface area contributed by atoms with Crippen LogP contribution in [0.1, 0.15) is 69.0 Å². The molecule has 0 radical (unpaired) electrons. The van der Waals surface area contributed by atoms with Gasteiger partial charge in [0, 0.05) is 17.0 Å². The van der Waals surface area contributed by atoms with Crippen LogP contribution in [0, 0.1) is 5.92 Å². The van der Waals surface area contributed by atoms with Gasteiger partial charge in [-0.2, -0.15) is 0 Å². The summed E-state index contributed by atoms with van der Waals surface area (Å²) in [7, 11) is 0. The van der Waals surface area contributed by atoms with E-state index in [2.05, 4.69) is 29.8 Å². The predicted octanol–water partition coefficient (Wildman–Crippen LogP) is 5.16.